The smallest absolute Gasteiger partial charge is 0.269 e. The predicted octanol–water partition coefficient (Wildman–Crippen LogP) is 0.525. The summed E-state index contributed by atoms with van der Waals surface area (Å²) in [4.78, 5) is 41.5. The zero-order chi connectivity index (χ0) is 16.9. The first kappa shape index (κ1) is 16.2. The van der Waals surface area contributed by atoms with Crippen LogP contribution in [-0.2, 0) is 16.1 Å². The number of nitrogens with one attached hydrogen (secondary N) is 1. The Morgan fingerprint density at radius 3 is 2.88 bits per heavy atom. The van der Waals surface area contributed by atoms with E-state index >= 15 is 0 Å². The highest BCUT2D eigenvalue weighted by atomic mass is 16.2. The van der Waals surface area contributed by atoms with Gasteiger partial charge in [0, 0.05) is 26.1 Å². The van der Waals surface area contributed by atoms with E-state index in [9.17, 15) is 14.4 Å². The van der Waals surface area contributed by atoms with E-state index in [1.165, 1.54) is 10.8 Å². The van der Waals surface area contributed by atoms with Crippen LogP contribution in [0.1, 0.15) is 19.3 Å². The molecule has 1 aromatic heterocycles. The van der Waals surface area contributed by atoms with E-state index in [0.717, 1.165) is 13.0 Å². The maximum atomic E-state index is 12.1. The topological polar surface area (TPSA) is 84.3 Å². The first-order valence-corrected chi connectivity index (χ1v) is 8.14. The first-order valence-electron chi connectivity index (χ1n) is 8.14. The summed E-state index contributed by atoms with van der Waals surface area (Å²) in [5.41, 5.74) is 1.02. The summed E-state index contributed by atoms with van der Waals surface area (Å²) in [6.07, 6.45) is 3.49. The molecule has 2 heterocycles. The Labute approximate surface area is 139 Å². The molecule has 2 amide bonds. The van der Waals surface area contributed by atoms with Gasteiger partial charge in [-0.1, -0.05) is 12.1 Å². The average molecular weight is 328 g/mol. The van der Waals surface area contributed by atoms with E-state index in [2.05, 4.69) is 10.3 Å². The van der Waals surface area contributed by atoms with E-state index in [-0.39, 0.29) is 23.9 Å². The number of nitrogens with zero attached hydrogens (tertiary/aromatic N) is 3. The van der Waals surface area contributed by atoms with Crippen molar-refractivity contribution in [3.8, 4) is 0 Å². The van der Waals surface area contributed by atoms with Crippen molar-refractivity contribution >= 4 is 22.8 Å². The van der Waals surface area contributed by atoms with Gasteiger partial charge < -0.3 is 10.2 Å². The van der Waals surface area contributed by atoms with Crippen molar-refractivity contribution in [2.45, 2.75) is 25.8 Å². The number of benzene rings is 1. The maximum absolute atomic E-state index is 12.1. The average Bonchev–Trinajstić information content (AvgIpc) is 2.99. The molecule has 126 valence electrons. The summed E-state index contributed by atoms with van der Waals surface area (Å²) in [5, 5.41) is 2.80. The highest BCUT2D eigenvalue weighted by Gasteiger charge is 2.19. The van der Waals surface area contributed by atoms with Crippen molar-refractivity contribution < 1.29 is 9.59 Å². The third-order valence-electron chi connectivity index (χ3n) is 4.15. The van der Waals surface area contributed by atoms with Crippen LogP contribution in [0.15, 0.2) is 35.3 Å². The Kier molecular flexibility index (Phi) is 4.88. The van der Waals surface area contributed by atoms with Gasteiger partial charge in [0.2, 0.25) is 11.8 Å². The molecule has 7 nitrogen and oxygen atoms in total. The lowest BCUT2D eigenvalue weighted by Crippen LogP contribution is -2.34. The maximum Gasteiger partial charge on any atom is 0.269 e. The first-order chi connectivity index (χ1) is 11.6. The number of carbonyl (C=O) groups is 2. The zero-order valence-electron chi connectivity index (χ0n) is 13.4. The molecule has 1 aliphatic rings. The molecule has 0 aliphatic carbocycles. The predicted molar refractivity (Wildman–Crippen MR) is 89.4 cm³/mol. The standard InChI is InChI=1S/C17H20N4O3/c22-15(18-8-4-10-20-9-3-7-16(20)23)12-21-14-6-2-1-5-13(14)19-11-17(21)24/h1-2,5-6,11H,3-4,7-10,12H2,(H,18,22). The summed E-state index contributed by atoms with van der Waals surface area (Å²) >= 11 is 0. The van der Waals surface area contributed by atoms with E-state index < -0.39 is 0 Å². The quantitative estimate of drug-likeness (QED) is 0.784. The number of rotatable bonds is 6. The lowest BCUT2D eigenvalue weighted by Gasteiger charge is -2.15. The lowest BCUT2D eigenvalue weighted by molar-refractivity contribution is -0.127. The highest BCUT2D eigenvalue weighted by molar-refractivity contribution is 5.80. The van der Waals surface area contributed by atoms with Gasteiger partial charge >= 0.3 is 0 Å². The Hall–Kier alpha value is -2.70. The second-order valence-corrected chi connectivity index (χ2v) is 5.86. The van der Waals surface area contributed by atoms with Crippen molar-refractivity contribution in [1.82, 2.24) is 19.8 Å². The van der Waals surface area contributed by atoms with Crippen LogP contribution in [-0.4, -0.2) is 45.9 Å². The minimum Gasteiger partial charge on any atom is -0.354 e. The van der Waals surface area contributed by atoms with Crippen LogP contribution in [0.2, 0.25) is 0 Å². The molecule has 1 aliphatic heterocycles. The Morgan fingerprint density at radius 2 is 2.08 bits per heavy atom. The Morgan fingerprint density at radius 1 is 1.25 bits per heavy atom. The summed E-state index contributed by atoms with van der Waals surface area (Å²) in [5.74, 6) is -0.0302. The number of aromatic nitrogens is 2. The fourth-order valence-corrected chi connectivity index (χ4v) is 2.92. The van der Waals surface area contributed by atoms with Crippen LogP contribution in [0.25, 0.3) is 11.0 Å². The number of fused-ring (bicyclic) bond motifs is 1. The molecule has 0 spiro atoms. The summed E-state index contributed by atoms with van der Waals surface area (Å²) in [7, 11) is 0. The van der Waals surface area contributed by atoms with Gasteiger partial charge in [0.05, 0.1) is 17.2 Å². The molecule has 7 heteroatoms. The second kappa shape index (κ2) is 7.25. The van der Waals surface area contributed by atoms with Crippen LogP contribution in [0.5, 0.6) is 0 Å². The fourth-order valence-electron chi connectivity index (χ4n) is 2.92. The molecular formula is C17H20N4O3. The van der Waals surface area contributed by atoms with Crippen molar-refractivity contribution in [2.75, 3.05) is 19.6 Å². The van der Waals surface area contributed by atoms with Gasteiger partial charge in [-0.25, -0.2) is 4.98 Å². The molecule has 2 aromatic rings. The largest absolute Gasteiger partial charge is 0.354 e. The molecule has 0 unspecified atom stereocenters. The van der Waals surface area contributed by atoms with E-state index in [4.69, 9.17) is 0 Å². The van der Waals surface area contributed by atoms with Crippen molar-refractivity contribution in [3.05, 3.63) is 40.8 Å². The summed E-state index contributed by atoms with van der Waals surface area (Å²) < 4.78 is 1.42. The van der Waals surface area contributed by atoms with Gasteiger partial charge in [0.25, 0.3) is 5.56 Å². The number of amides is 2. The molecule has 0 radical (unpaired) electrons. The van der Waals surface area contributed by atoms with E-state index in [1.54, 1.807) is 12.1 Å². The van der Waals surface area contributed by atoms with Crippen molar-refractivity contribution in [3.63, 3.8) is 0 Å². The highest BCUT2D eigenvalue weighted by Crippen LogP contribution is 2.09. The zero-order valence-corrected chi connectivity index (χ0v) is 13.4. The fraction of sp³-hybridized carbons (Fsp3) is 0.412. The number of carbonyl (C=O) groups excluding carboxylic acids is 2. The minimum absolute atomic E-state index is 0.0372. The lowest BCUT2D eigenvalue weighted by atomic mass is 10.3. The third kappa shape index (κ3) is 3.61. The minimum atomic E-state index is -0.300. The molecule has 3 rings (SSSR count). The third-order valence-corrected chi connectivity index (χ3v) is 4.15. The molecule has 1 saturated heterocycles. The van der Waals surface area contributed by atoms with Crippen LogP contribution in [0.3, 0.4) is 0 Å². The Bertz CT molecular complexity index is 815. The molecule has 1 fully saturated rings. The summed E-state index contributed by atoms with van der Waals surface area (Å²) in [6, 6.07) is 7.22. The molecule has 0 atom stereocenters. The molecule has 24 heavy (non-hydrogen) atoms. The van der Waals surface area contributed by atoms with Crippen LogP contribution in [0, 0.1) is 0 Å². The SMILES string of the molecule is O=C(Cn1c(=O)cnc2ccccc21)NCCCN1CCCC1=O. The Balaban J connectivity index is 1.54. The van der Waals surface area contributed by atoms with E-state index in [0.29, 0.717) is 37.0 Å². The van der Waals surface area contributed by atoms with Crippen LogP contribution < -0.4 is 10.9 Å². The number of para-hydroxylation sites is 2. The number of hydrogen-bond donors (Lipinski definition) is 1. The van der Waals surface area contributed by atoms with Crippen molar-refractivity contribution in [1.29, 1.82) is 0 Å². The van der Waals surface area contributed by atoms with Gasteiger partial charge in [-0.3, -0.25) is 19.0 Å². The van der Waals surface area contributed by atoms with E-state index in [1.807, 2.05) is 17.0 Å². The number of likely N-dealkylation sites (tertiary alicyclic amines) is 1. The van der Waals surface area contributed by atoms with Crippen molar-refractivity contribution in [2.24, 2.45) is 0 Å². The molecule has 1 N–H and O–H groups in total. The van der Waals surface area contributed by atoms with Gasteiger partial charge in [-0.05, 0) is 25.0 Å². The molecular weight excluding hydrogens is 308 g/mol. The van der Waals surface area contributed by atoms with Crippen LogP contribution >= 0.6 is 0 Å². The molecule has 0 bridgehead atoms. The van der Waals surface area contributed by atoms with Gasteiger partial charge in [-0.15, -0.1) is 0 Å². The number of hydrogen-bond acceptors (Lipinski definition) is 4. The normalized spacial score (nSPS) is 14.3. The molecule has 0 saturated carbocycles. The molecule has 1 aromatic carbocycles. The summed E-state index contributed by atoms with van der Waals surface area (Å²) in [6.45, 7) is 1.92. The van der Waals surface area contributed by atoms with Gasteiger partial charge in [0.1, 0.15) is 6.54 Å². The second-order valence-electron chi connectivity index (χ2n) is 5.86. The van der Waals surface area contributed by atoms with Gasteiger partial charge in [0.15, 0.2) is 0 Å². The van der Waals surface area contributed by atoms with Gasteiger partial charge in [-0.2, -0.15) is 0 Å². The monoisotopic (exact) mass is 328 g/mol. The van der Waals surface area contributed by atoms with Crippen LogP contribution in [0.4, 0.5) is 0 Å².